The van der Waals surface area contributed by atoms with Gasteiger partial charge in [0.15, 0.2) is 0 Å². The van der Waals surface area contributed by atoms with Crippen LogP contribution in [0.3, 0.4) is 0 Å². The van der Waals surface area contributed by atoms with Crippen LogP contribution in [0.15, 0.2) is 36.7 Å². The van der Waals surface area contributed by atoms with Crippen LogP contribution in [0.2, 0.25) is 0 Å². The predicted molar refractivity (Wildman–Crippen MR) is 76.8 cm³/mol. The average Bonchev–Trinajstić information content (AvgIpc) is 2.41. The van der Waals surface area contributed by atoms with Crippen molar-refractivity contribution in [3.8, 4) is 0 Å². The van der Waals surface area contributed by atoms with E-state index in [1.165, 1.54) is 0 Å². The lowest BCUT2D eigenvalue weighted by atomic mass is 9.83. The monoisotopic (exact) mass is 259 g/mol. The average molecular weight is 259 g/mol. The van der Waals surface area contributed by atoms with Gasteiger partial charge in [0, 0.05) is 23.0 Å². The number of fused-ring (bicyclic) bond motifs is 1. The topological polar surface area (TPSA) is 33.1 Å². The fourth-order valence-corrected chi connectivity index (χ4v) is 3.98. The van der Waals surface area contributed by atoms with E-state index in [1.54, 1.807) is 6.20 Å². The zero-order chi connectivity index (χ0) is 12.6. The van der Waals surface area contributed by atoms with E-state index in [2.05, 4.69) is 24.0 Å². The Bertz CT molecular complexity index is 566. The summed E-state index contributed by atoms with van der Waals surface area (Å²) in [6, 6.07) is 8.14. The van der Waals surface area contributed by atoms with Crippen molar-refractivity contribution in [2.75, 3.05) is 5.75 Å². The Morgan fingerprint density at radius 2 is 2.28 bits per heavy atom. The summed E-state index contributed by atoms with van der Waals surface area (Å²) >= 11 is 1.86. The van der Waals surface area contributed by atoms with Gasteiger partial charge in [-0.3, -0.25) is 4.98 Å². The first-order valence-electron chi connectivity index (χ1n) is 6.39. The van der Waals surface area contributed by atoms with Gasteiger partial charge in [-0.15, -0.1) is 0 Å². The Morgan fingerprint density at radius 1 is 1.39 bits per heavy atom. The first-order chi connectivity index (χ1) is 8.72. The molecule has 0 radical (unpaired) electrons. The Morgan fingerprint density at radius 3 is 3.11 bits per heavy atom. The van der Waals surface area contributed by atoms with Crippen molar-refractivity contribution in [3.05, 3.63) is 42.2 Å². The maximum Gasteiger partial charge on any atom is 0.102 e. The van der Waals surface area contributed by atoms with Crippen LogP contribution in [0.4, 0.5) is 0 Å². The number of thioether (sulfide) groups is 1. The molecule has 2 heterocycles. The van der Waals surface area contributed by atoms with Gasteiger partial charge in [-0.1, -0.05) is 25.1 Å². The molecular weight excluding hydrogens is 242 g/mol. The highest BCUT2D eigenvalue weighted by Crippen LogP contribution is 2.43. The molecule has 1 N–H and O–H groups in total. The van der Waals surface area contributed by atoms with Crippen LogP contribution in [0.5, 0.6) is 0 Å². The summed E-state index contributed by atoms with van der Waals surface area (Å²) in [6.45, 7) is 2.13. The molecule has 2 aromatic rings. The van der Waals surface area contributed by atoms with Crippen molar-refractivity contribution in [3.63, 3.8) is 0 Å². The summed E-state index contributed by atoms with van der Waals surface area (Å²) in [5.41, 5.74) is 0.353. The normalized spacial score (nSPS) is 28.4. The van der Waals surface area contributed by atoms with Gasteiger partial charge in [0.05, 0.1) is 0 Å². The molecule has 2 unspecified atom stereocenters. The molecule has 1 aromatic carbocycles. The van der Waals surface area contributed by atoms with Gasteiger partial charge < -0.3 is 5.11 Å². The Balaban J connectivity index is 2.19. The van der Waals surface area contributed by atoms with Crippen molar-refractivity contribution in [2.24, 2.45) is 0 Å². The number of nitrogens with zero attached hydrogens (tertiary/aromatic N) is 1. The van der Waals surface area contributed by atoms with Gasteiger partial charge in [0.2, 0.25) is 0 Å². The lowest BCUT2D eigenvalue weighted by Gasteiger charge is -2.38. The second kappa shape index (κ2) is 4.56. The standard InChI is InChI=1S/C15H17NOS/c1-11-15(17,7-3-9-18-11)14-5-2-4-12-10-16-8-6-13(12)14/h2,4-6,8,10-11,17H,3,7,9H2,1H3. The Kier molecular flexibility index (Phi) is 3.04. The molecular formula is C15H17NOS. The van der Waals surface area contributed by atoms with E-state index in [1.807, 2.05) is 30.1 Å². The molecule has 1 fully saturated rings. The van der Waals surface area contributed by atoms with Crippen LogP contribution in [0.25, 0.3) is 10.8 Å². The molecule has 0 amide bonds. The molecule has 0 saturated carbocycles. The molecule has 2 atom stereocenters. The minimum Gasteiger partial charge on any atom is -0.384 e. The first kappa shape index (κ1) is 12.0. The fraction of sp³-hybridized carbons (Fsp3) is 0.400. The molecule has 0 aliphatic carbocycles. The molecule has 2 nitrogen and oxygen atoms in total. The second-order valence-electron chi connectivity index (χ2n) is 4.94. The largest absolute Gasteiger partial charge is 0.384 e. The SMILES string of the molecule is CC1SCCCC1(O)c1cccc2cnccc12. The summed E-state index contributed by atoms with van der Waals surface area (Å²) in [7, 11) is 0. The van der Waals surface area contributed by atoms with E-state index in [0.29, 0.717) is 0 Å². The third-order valence-electron chi connectivity index (χ3n) is 3.89. The maximum atomic E-state index is 11.1. The van der Waals surface area contributed by atoms with E-state index in [0.717, 1.165) is 34.9 Å². The van der Waals surface area contributed by atoms with Crippen molar-refractivity contribution >= 4 is 22.5 Å². The van der Waals surface area contributed by atoms with Crippen LogP contribution in [0, 0.1) is 0 Å². The van der Waals surface area contributed by atoms with Crippen LogP contribution >= 0.6 is 11.8 Å². The van der Waals surface area contributed by atoms with E-state index in [4.69, 9.17) is 0 Å². The van der Waals surface area contributed by atoms with Crippen LogP contribution in [0.1, 0.15) is 25.3 Å². The third kappa shape index (κ3) is 1.82. The smallest absolute Gasteiger partial charge is 0.102 e. The fourth-order valence-electron chi connectivity index (χ4n) is 2.80. The van der Waals surface area contributed by atoms with E-state index >= 15 is 0 Å². The highest BCUT2D eigenvalue weighted by molar-refractivity contribution is 8.00. The molecule has 3 rings (SSSR count). The minimum atomic E-state index is -0.705. The van der Waals surface area contributed by atoms with Gasteiger partial charge in [-0.2, -0.15) is 11.8 Å². The van der Waals surface area contributed by atoms with Crippen molar-refractivity contribution in [1.29, 1.82) is 0 Å². The molecule has 1 saturated heterocycles. The summed E-state index contributed by atoms with van der Waals surface area (Å²) in [5, 5.41) is 13.5. The lowest BCUT2D eigenvalue weighted by molar-refractivity contribution is 0.0269. The number of rotatable bonds is 1. The lowest BCUT2D eigenvalue weighted by Crippen LogP contribution is -2.39. The molecule has 1 aliphatic rings. The number of aromatic nitrogens is 1. The first-order valence-corrected chi connectivity index (χ1v) is 7.44. The zero-order valence-electron chi connectivity index (χ0n) is 10.5. The summed E-state index contributed by atoms with van der Waals surface area (Å²) in [4.78, 5) is 4.15. The molecule has 0 bridgehead atoms. The summed E-state index contributed by atoms with van der Waals surface area (Å²) in [5.74, 6) is 1.15. The highest BCUT2D eigenvalue weighted by Gasteiger charge is 2.39. The maximum absolute atomic E-state index is 11.1. The molecule has 18 heavy (non-hydrogen) atoms. The number of benzene rings is 1. The molecule has 0 spiro atoms. The minimum absolute atomic E-state index is 0.241. The Labute approximate surface area is 111 Å². The third-order valence-corrected chi connectivity index (χ3v) is 5.30. The van der Waals surface area contributed by atoms with Gasteiger partial charge in [0.1, 0.15) is 5.60 Å². The summed E-state index contributed by atoms with van der Waals surface area (Å²) in [6.07, 6.45) is 5.59. The number of pyridine rings is 1. The van der Waals surface area contributed by atoms with Crippen molar-refractivity contribution in [1.82, 2.24) is 4.98 Å². The predicted octanol–water partition coefficient (Wildman–Crippen LogP) is 3.34. The molecule has 1 aliphatic heterocycles. The van der Waals surface area contributed by atoms with Gasteiger partial charge in [0.25, 0.3) is 0 Å². The second-order valence-corrected chi connectivity index (χ2v) is 6.39. The van der Waals surface area contributed by atoms with E-state index in [9.17, 15) is 5.11 Å². The van der Waals surface area contributed by atoms with Crippen molar-refractivity contribution < 1.29 is 5.11 Å². The van der Waals surface area contributed by atoms with Crippen LogP contribution in [-0.4, -0.2) is 21.1 Å². The van der Waals surface area contributed by atoms with Gasteiger partial charge in [-0.25, -0.2) is 0 Å². The zero-order valence-corrected chi connectivity index (χ0v) is 11.3. The molecule has 3 heteroatoms. The highest BCUT2D eigenvalue weighted by atomic mass is 32.2. The van der Waals surface area contributed by atoms with Gasteiger partial charge >= 0.3 is 0 Å². The Hall–Kier alpha value is -1.06. The van der Waals surface area contributed by atoms with Crippen LogP contribution in [-0.2, 0) is 5.60 Å². The number of hydrogen-bond donors (Lipinski definition) is 1. The molecule has 1 aromatic heterocycles. The van der Waals surface area contributed by atoms with Crippen molar-refractivity contribution in [2.45, 2.75) is 30.6 Å². The van der Waals surface area contributed by atoms with Crippen LogP contribution < -0.4 is 0 Å². The van der Waals surface area contributed by atoms with E-state index < -0.39 is 5.60 Å². The number of aliphatic hydroxyl groups is 1. The quantitative estimate of drug-likeness (QED) is 0.852. The summed E-state index contributed by atoms with van der Waals surface area (Å²) < 4.78 is 0. The number of hydrogen-bond acceptors (Lipinski definition) is 3. The van der Waals surface area contributed by atoms with E-state index in [-0.39, 0.29) is 5.25 Å². The van der Waals surface area contributed by atoms with Gasteiger partial charge in [-0.05, 0) is 35.6 Å². The molecule has 94 valence electrons.